The first-order valence-corrected chi connectivity index (χ1v) is 7.77. The van der Waals surface area contributed by atoms with E-state index in [0.29, 0.717) is 18.1 Å². The molecule has 2 amide bonds. The normalized spacial score (nSPS) is 19.3. The summed E-state index contributed by atoms with van der Waals surface area (Å²) in [6.45, 7) is 9.96. The van der Waals surface area contributed by atoms with Crippen LogP contribution < -0.4 is 4.90 Å². The van der Waals surface area contributed by atoms with Crippen molar-refractivity contribution in [3.63, 3.8) is 0 Å². The van der Waals surface area contributed by atoms with Crippen LogP contribution in [-0.2, 0) is 14.9 Å². The van der Waals surface area contributed by atoms with Gasteiger partial charge >= 0.3 is 12.0 Å². The molecule has 1 unspecified atom stereocenters. The van der Waals surface area contributed by atoms with Crippen molar-refractivity contribution in [1.82, 2.24) is 15.1 Å². The number of urea groups is 1. The third-order valence-electron chi connectivity index (χ3n) is 3.21. The van der Waals surface area contributed by atoms with Crippen molar-refractivity contribution in [3.8, 4) is 0 Å². The molecule has 0 aromatic carbocycles. The van der Waals surface area contributed by atoms with E-state index in [1.165, 1.54) is 16.2 Å². The zero-order chi connectivity index (χ0) is 16.5. The Kier molecular flexibility index (Phi) is 4.50. The van der Waals surface area contributed by atoms with Crippen molar-refractivity contribution in [2.24, 2.45) is 0 Å². The number of hydrogen-bond acceptors (Lipinski definition) is 6. The molecule has 1 aromatic heterocycles. The van der Waals surface area contributed by atoms with Crippen LogP contribution in [0.2, 0.25) is 0 Å². The third-order valence-corrected chi connectivity index (χ3v) is 4.56. The van der Waals surface area contributed by atoms with Crippen LogP contribution >= 0.6 is 11.3 Å². The number of ether oxygens (including phenoxy) is 1. The number of esters is 1. The summed E-state index contributed by atoms with van der Waals surface area (Å²) in [5.74, 6) is -0.562. The summed E-state index contributed by atoms with van der Waals surface area (Å²) in [7, 11) is 1.70. The molecule has 1 aliphatic rings. The maximum atomic E-state index is 12.4. The number of carbonyl (C=O) groups is 2. The molecule has 0 aliphatic carbocycles. The molecule has 0 radical (unpaired) electrons. The van der Waals surface area contributed by atoms with E-state index >= 15 is 0 Å². The molecular weight excluding hydrogens is 304 g/mol. The smallest absolute Gasteiger partial charge is 0.332 e. The summed E-state index contributed by atoms with van der Waals surface area (Å²) >= 11 is 1.33. The Balaban J connectivity index is 2.32. The molecule has 7 nitrogen and oxygen atoms in total. The monoisotopic (exact) mass is 324 g/mol. The number of rotatable bonds is 3. The number of aromatic nitrogens is 2. The van der Waals surface area contributed by atoms with Gasteiger partial charge in [-0.05, 0) is 0 Å². The molecule has 2 heterocycles. The lowest BCUT2D eigenvalue weighted by molar-refractivity contribution is -0.143. The van der Waals surface area contributed by atoms with E-state index in [2.05, 4.69) is 16.8 Å². The first-order chi connectivity index (χ1) is 10.2. The molecule has 1 aliphatic heterocycles. The first-order valence-electron chi connectivity index (χ1n) is 6.95. The highest BCUT2D eigenvalue weighted by atomic mass is 32.1. The molecule has 1 atom stereocenters. The average Bonchev–Trinajstić information content (AvgIpc) is 2.92. The van der Waals surface area contributed by atoms with Gasteiger partial charge in [-0.2, -0.15) is 0 Å². The minimum absolute atomic E-state index is 0.159. The Morgan fingerprint density at radius 3 is 2.68 bits per heavy atom. The summed E-state index contributed by atoms with van der Waals surface area (Å²) in [6, 6.07) is -0.260. The summed E-state index contributed by atoms with van der Waals surface area (Å²) in [4.78, 5) is 26.9. The fourth-order valence-corrected chi connectivity index (χ4v) is 2.89. The van der Waals surface area contributed by atoms with Crippen LogP contribution in [0.1, 0.15) is 32.2 Å². The lowest BCUT2D eigenvalue weighted by Gasteiger charge is -2.37. The van der Waals surface area contributed by atoms with Gasteiger partial charge in [-0.25, -0.2) is 14.5 Å². The molecule has 0 saturated carbocycles. The van der Waals surface area contributed by atoms with E-state index in [1.807, 2.05) is 20.8 Å². The van der Waals surface area contributed by atoms with Gasteiger partial charge in [0.15, 0.2) is 6.23 Å². The molecule has 0 bridgehead atoms. The van der Waals surface area contributed by atoms with Crippen molar-refractivity contribution >= 4 is 28.5 Å². The standard InChI is InChI=1S/C14H20N4O3S/c1-6-10(19)21-9-7-8-17(5)13(20)18(9)12-16-15-11(22-12)14(2,3)4/h6,9H,1,7-8H2,2-5H3. The van der Waals surface area contributed by atoms with E-state index in [4.69, 9.17) is 4.74 Å². The van der Waals surface area contributed by atoms with E-state index < -0.39 is 12.2 Å². The molecule has 1 aromatic rings. The Morgan fingerprint density at radius 2 is 2.14 bits per heavy atom. The zero-order valence-electron chi connectivity index (χ0n) is 13.2. The second-order valence-electron chi connectivity index (χ2n) is 6.10. The first kappa shape index (κ1) is 16.4. The maximum absolute atomic E-state index is 12.4. The van der Waals surface area contributed by atoms with Crippen LogP contribution in [0.4, 0.5) is 9.93 Å². The van der Waals surface area contributed by atoms with Crippen LogP contribution in [0.25, 0.3) is 0 Å². The Hall–Kier alpha value is -1.96. The number of hydrogen-bond donors (Lipinski definition) is 0. The second-order valence-corrected chi connectivity index (χ2v) is 7.05. The van der Waals surface area contributed by atoms with Gasteiger partial charge in [-0.1, -0.05) is 38.7 Å². The number of carbonyl (C=O) groups excluding carboxylic acids is 2. The van der Waals surface area contributed by atoms with Gasteiger partial charge in [0.25, 0.3) is 0 Å². The highest BCUT2D eigenvalue weighted by Crippen LogP contribution is 2.33. The fraction of sp³-hybridized carbons (Fsp3) is 0.571. The predicted octanol–water partition coefficient (Wildman–Crippen LogP) is 2.15. The zero-order valence-corrected chi connectivity index (χ0v) is 14.0. The summed E-state index contributed by atoms with van der Waals surface area (Å²) in [6.07, 6.45) is 0.906. The SMILES string of the molecule is C=CC(=O)OC1CCN(C)C(=O)N1c1nnc(C(C)(C)C)s1. The second kappa shape index (κ2) is 6.04. The van der Waals surface area contributed by atoms with Crippen molar-refractivity contribution in [2.45, 2.75) is 38.8 Å². The molecule has 22 heavy (non-hydrogen) atoms. The molecule has 1 saturated heterocycles. The topological polar surface area (TPSA) is 75.6 Å². The maximum Gasteiger partial charge on any atom is 0.332 e. The van der Waals surface area contributed by atoms with Crippen LogP contribution in [0, 0.1) is 0 Å². The van der Waals surface area contributed by atoms with Gasteiger partial charge in [0, 0.05) is 31.5 Å². The fourth-order valence-electron chi connectivity index (χ4n) is 1.95. The average molecular weight is 324 g/mol. The van der Waals surface area contributed by atoms with Crippen molar-refractivity contribution < 1.29 is 14.3 Å². The molecule has 8 heteroatoms. The van der Waals surface area contributed by atoms with E-state index in [-0.39, 0.29) is 11.4 Å². The van der Waals surface area contributed by atoms with Gasteiger partial charge in [-0.15, -0.1) is 10.2 Å². The number of nitrogens with zero attached hydrogens (tertiary/aromatic N) is 4. The molecule has 2 rings (SSSR count). The van der Waals surface area contributed by atoms with Crippen LogP contribution in [0.3, 0.4) is 0 Å². The van der Waals surface area contributed by atoms with Crippen LogP contribution in [0.5, 0.6) is 0 Å². The van der Waals surface area contributed by atoms with Crippen molar-refractivity contribution in [1.29, 1.82) is 0 Å². The summed E-state index contributed by atoms with van der Waals surface area (Å²) < 4.78 is 5.28. The highest BCUT2D eigenvalue weighted by molar-refractivity contribution is 7.15. The lowest BCUT2D eigenvalue weighted by atomic mass is 9.98. The van der Waals surface area contributed by atoms with Gasteiger partial charge in [0.2, 0.25) is 5.13 Å². The highest BCUT2D eigenvalue weighted by Gasteiger charge is 2.37. The van der Waals surface area contributed by atoms with E-state index in [0.717, 1.165) is 11.1 Å². The Bertz CT molecular complexity index is 593. The number of amides is 2. The minimum atomic E-state index is -0.685. The van der Waals surface area contributed by atoms with Crippen molar-refractivity contribution in [3.05, 3.63) is 17.7 Å². The van der Waals surface area contributed by atoms with Crippen molar-refractivity contribution in [2.75, 3.05) is 18.5 Å². The van der Waals surface area contributed by atoms with Gasteiger partial charge < -0.3 is 9.64 Å². The molecular formula is C14H20N4O3S. The lowest BCUT2D eigenvalue weighted by Crippen LogP contribution is -2.54. The van der Waals surface area contributed by atoms with E-state index in [1.54, 1.807) is 11.9 Å². The number of anilines is 1. The third kappa shape index (κ3) is 3.27. The molecule has 1 fully saturated rings. The molecule has 0 spiro atoms. The molecule has 0 N–H and O–H groups in total. The van der Waals surface area contributed by atoms with E-state index in [9.17, 15) is 9.59 Å². The quantitative estimate of drug-likeness (QED) is 0.629. The predicted molar refractivity (Wildman–Crippen MR) is 83.8 cm³/mol. The van der Waals surface area contributed by atoms with Crippen LogP contribution in [0.15, 0.2) is 12.7 Å². The van der Waals surface area contributed by atoms with Gasteiger partial charge in [0.1, 0.15) is 5.01 Å². The minimum Gasteiger partial charge on any atom is -0.438 e. The Morgan fingerprint density at radius 1 is 1.45 bits per heavy atom. The molecule has 120 valence electrons. The van der Waals surface area contributed by atoms with Crippen LogP contribution in [-0.4, -0.2) is 46.9 Å². The largest absolute Gasteiger partial charge is 0.438 e. The van der Waals surface area contributed by atoms with Gasteiger partial charge in [-0.3, -0.25) is 0 Å². The summed E-state index contributed by atoms with van der Waals surface area (Å²) in [5, 5.41) is 9.51. The van der Waals surface area contributed by atoms with Gasteiger partial charge in [0.05, 0.1) is 0 Å². The summed E-state index contributed by atoms with van der Waals surface area (Å²) in [5.41, 5.74) is -0.159. The Labute approximate surface area is 133 Å².